The van der Waals surface area contributed by atoms with Gasteiger partial charge in [-0.15, -0.1) is 0 Å². The minimum atomic E-state index is -1.12. The highest BCUT2D eigenvalue weighted by Gasteiger charge is 2.25. The normalized spacial score (nSPS) is 18.1. The van der Waals surface area contributed by atoms with Gasteiger partial charge in [-0.05, 0) is 36.8 Å². The number of rotatable bonds is 1. The number of halogens is 2. The number of aromatic carboxylic acids is 1. The van der Waals surface area contributed by atoms with Gasteiger partial charge in [0.1, 0.15) is 0 Å². The number of carbonyl (C=O) groups is 1. The SMILES string of the molecule is CC1CCc2nc3cc(F)c(F)cc3c(C(=O)O)c2C1. The van der Waals surface area contributed by atoms with Crippen molar-refractivity contribution in [2.24, 2.45) is 5.92 Å². The summed E-state index contributed by atoms with van der Waals surface area (Å²) >= 11 is 0. The number of carboxylic acid groups (broad SMARTS) is 1. The summed E-state index contributed by atoms with van der Waals surface area (Å²) in [5.74, 6) is -2.81. The summed E-state index contributed by atoms with van der Waals surface area (Å²) in [6, 6.07) is 1.90. The summed E-state index contributed by atoms with van der Waals surface area (Å²) in [5, 5.41) is 9.61. The van der Waals surface area contributed by atoms with Gasteiger partial charge in [0.25, 0.3) is 0 Å². The van der Waals surface area contributed by atoms with E-state index in [4.69, 9.17) is 0 Å². The van der Waals surface area contributed by atoms with Crippen LogP contribution < -0.4 is 0 Å². The third-order valence-electron chi connectivity index (χ3n) is 3.85. The van der Waals surface area contributed by atoms with E-state index >= 15 is 0 Å². The van der Waals surface area contributed by atoms with Gasteiger partial charge in [-0.2, -0.15) is 0 Å². The average molecular weight is 277 g/mol. The lowest BCUT2D eigenvalue weighted by Crippen LogP contribution is -2.18. The Morgan fingerprint density at radius 3 is 2.75 bits per heavy atom. The van der Waals surface area contributed by atoms with Gasteiger partial charge in [-0.25, -0.2) is 13.6 Å². The van der Waals surface area contributed by atoms with E-state index in [1.165, 1.54) is 0 Å². The maximum atomic E-state index is 13.4. The van der Waals surface area contributed by atoms with Gasteiger partial charge in [-0.1, -0.05) is 6.92 Å². The Morgan fingerprint density at radius 1 is 1.35 bits per heavy atom. The van der Waals surface area contributed by atoms with Crippen LogP contribution >= 0.6 is 0 Å². The van der Waals surface area contributed by atoms with Crippen molar-refractivity contribution in [1.82, 2.24) is 4.98 Å². The van der Waals surface area contributed by atoms with Crippen molar-refractivity contribution in [2.45, 2.75) is 26.2 Å². The zero-order chi connectivity index (χ0) is 14.4. The Morgan fingerprint density at radius 2 is 2.05 bits per heavy atom. The molecule has 3 nitrogen and oxygen atoms in total. The molecule has 1 aliphatic rings. The number of fused-ring (bicyclic) bond motifs is 2. The molecule has 1 aromatic heterocycles. The molecule has 1 N–H and O–H groups in total. The molecule has 1 atom stereocenters. The monoisotopic (exact) mass is 277 g/mol. The van der Waals surface area contributed by atoms with Gasteiger partial charge in [0.2, 0.25) is 0 Å². The summed E-state index contributed by atoms with van der Waals surface area (Å²) in [5.41, 5.74) is 1.62. The number of carboxylic acids is 1. The fourth-order valence-electron chi connectivity index (χ4n) is 2.85. The topological polar surface area (TPSA) is 50.2 Å². The molecule has 2 aromatic rings. The molecule has 1 aromatic carbocycles. The Balaban J connectivity index is 2.39. The molecule has 0 saturated heterocycles. The third kappa shape index (κ3) is 1.94. The lowest BCUT2D eigenvalue weighted by Gasteiger charge is -2.23. The number of pyridine rings is 1. The standard InChI is InChI=1S/C15H13F2NO2/c1-7-2-3-12-8(4-7)14(15(19)20)9-5-10(16)11(17)6-13(9)18-12/h5-7H,2-4H2,1H3,(H,19,20). The molecule has 0 aliphatic heterocycles. The Hall–Kier alpha value is -2.04. The number of aromatic nitrogens is 1. The Bertz CT molecular complexity index is 728. The van der Waals surface area contributed by atoms with E-state index < -0.39 is 17.6 Å². The van der Waals surface area contributed by atoms with E-state index in [1.54, 1.807) is 0 Å². The number of hydrogen-bond acceptors (Lipinski definition) is 2. The van der Waals surface area contributed by atoms with Crippen LogP contribution in [0.4, 0.5) is 8.78 Å². The minimum absolute atomic E-state index is 0.0652. The molecule has 0 bridgehead atoms. The molecular weight excluding hydrogens is 264 g/mol. The van der Waals surface area contributed by atoms with Crippen LogP contribution in [0, 0.1) is 17.6 Å². The molecule has 0 radical (unpaired) electrons. The zero-order valence-corrected chi connectivity index (χ0v) is 10.9. The fraction of sp³-hybridized carbons (Fsp3) is 0.333. The second-order valence-corrected chi connectivity index (χ2v) is 5.35. The highest BCUT2D eigenvalue weighted by molar-refractivity contribution is 6.04. The molecule has 0 saturated carbocycles. The molecule has 1 unspecified atom stereocenters. The van der Waals surface area contributed by atoms with Gasteiger partial charge in [0.15, 0.2) is 11.6 Å². The number of hydrogen-bond donors (Lipinski definition) is 1. The van der Waals surface area contributed by atoms with Crippen molar-refractivity contribution < 1.29 is 18.7 Å². The average Bonchev–Trinajstić information content (AvgIpc) is 2.37. The zero-order valence-electron chi connectivity index (χ0n) is 10.9. The lowest BCUT2D eigenvalue weighted by atomic mass is 9.84. The molecule has 0 fully saturated rings. The predicted molar refractivity (Wildman–Crippen MR) is 69.8 cm³/mol. The van der Waals surface area contributed by atoms with Gasteiger partial charge >= 0.3 is 5.97 Å². The van der Waals surface area contributed by atoms with Crippen molar-refractivity contribution in [3.8, 4) is 0 Å². The van der Waals surface area contributed by atoms with Crippen LogP contribution in [0.1, 0.15) is 35.0 Å². The largest absolute Gasteiger partial charge is 0.478 e. The van der Waals surface area contributed by atoms with Crippen LogP contribution in [0.15, 0.2) is 12.1 Å². The highest BCUT2D eigenvalue weighted by Crippen LogP contribution is 2.32. The van der Waals surface area contributed by atoms with Gasteiger partial charge < -0.3 is 5.11 Å². The summed E-state index contributed by atoms with van der Waals surface area (Å²) in [7, 11) is 0. The van der Waals surface area contributed by atoms with Crippen molar-refractivity contribution in [1.29, 1.82) is 0 Å². The molecule has 20 heavy (non-hydrogen) atoms. The van der Waals surface area contributed by atoms with Gasteiger partial charge in [-0.3, -0.25) is 4.98 Å². The smallest absolute Gasteiger partial charge is 0.336 e. The number of aryl methyl sites for hydroxylation is 1. The molecule has 5 heteroatoms. The van der Waals surface area contributed by atoms with Crippen molar-refractivity contribution in [3.05, 3.63) is 40.6 Å². The maximum Gasteiger partial charge on any atom is 0.336 e. The first-order valence-corrected chi connectivity index (χ1v) is 6.51. The van der Waals surface area contributed by atoms with Gasteiger partial charge in [0, 0.05) is 17.1 Å². The summed E-state index contributed by atoms with van der Waals surface area (Å²) in [6.07, 6.45) is 2.21. The Kier molecular flexibility index (Phi) is 2.92. The molecular formula is C15H13F2NO2. The van der Waals surface area contributed by atoms with E-state index in [0.29, 0.717) is 30.0 Å². The van der Waals surface area contributed by atoms with E-state index in [-0.39, 0.29) is 16.5 Å². The first-order valence-electron chi connectivity index (χ1n) is 6.51. The summed E-state index contributed by atoms with van der Waals surface area (Å²) < 4.78 is 26.7. The second kappa shape index (κ2) is 4.51. The van der Waals surface area contributed by atoms with Gasteiger partial charge in [0.05, 0.1) is 11.1 Å². The quantitative estimate of drug-likeness (QED) is 0.869. The van der Waals surface area contributed by atoms with E-state index in [1.807, 2.05) is 6.92 Å². The first kappa shape index (κ1) is 13.0. The summed E-state index contributed by atoms with van der Waals surface area (Å²) in [4.78, 5) is 15.9. The fourth-order valence-corrected chi connectivity index (χ4v) is 2.85. The minimum Gasteiger partial charge on any atom is -0.478 e. The molecule has 104 valence electrons. The van der Waals surface area contributed by atoms with E-state index in [2.05, 4.69) is 4.98 Å². The number of nitrogens with zero attached hydrogens (tertiary/aromatic N) is 1. The third-order valence-corrected chi connectivity index (χ3v) is 3.85. The van der Waals surface area contributed by atoms with Crippen LogP contribution in [0.5, 0.6) is 0 Å². The van der Waals surface area contributed by atoms with E-state index in [0.717, 1.165) is 18.6 Å². The molecule has 0 amide bonds. The van der Waals surface area contributed by atoms with E-state index in [9.17, 15) is 18.7 Å². The number of benzene rings is 1. The Labute approximate surface area is 114 Å². The van der Waals surface area contributed by atoms with Crippen molar-refractivity contribution in [2.75, 3.05) is 0 Å². The molecule has 3 rings (SSSR count). The lowest BCUT2D eigenvalue weighted by molar-refractivity contribution is 0.0697. The van der Waals surface area contributed by atoms with Crippen LogP contribution in [0.25, 0.3) is 10.9 Å². The summed E-state index contributed by atoms with van der Waals surface area (Å²) in [6.45, 7) is 2.05. The maximum absolute atomic E-state index is 13.4. The predicted octanol–water partition coefficient (Wildman–Crippen LogP) is 3.34. The van der Waals surface area contributed by atoms with Crippen molar-refractivity contribution in [3.63, 3.8) is 0 Å². The molecule has 1 heterocycles. The first-order chi connectivity index (χ1) is 9.47. The highest BCUT2D eigenvalue weighted by atomic mass is 19.2. The molecule has 0 spiro atoms. The van der Waals surface area contributed by atoms with Crippen LogP contribution in [-0.2, 0) is 12.8 Å². The van der Waals surface area contributed by atoms with Crippen LogP contribution in [0.2, 0.25) is 0 Å². The molecule has 1 aliphatic carbocycles. The van der Waals surface area contributed by atoms with Crippen LogP contribution in [-0.4, -0.2) is 16.1 Å². The second-order valence-electron chi connectivity index (χ2n) is 5.35. The van der Waals surface area contributed by atoms with Crippen LogP contribution in [0.3, 0.4) is 0 Å². The van der Waals surface area contributed by atoms with Crippen molar-refractivity contribution >= 4 is 16.9 Å².